The van der Waals surface area contributed by atoms with Gasteiger partial charge in [-0.05, 0) is 47.9 Å². The van der Waals surface area contributed by atoms with E-state index in [1.54, 1.807) is 18.9 Å². The summed E-state index contributed by atoms with van der Waals surface area (Å²) in [5.74, 6) is 0.907. The van der Waals surface area contributed by atoms with Crippen LogP contribution in [0, 0.1) is 0 Å². The Balaban J connectivity index is 1.64. The van der Waals surface area contributed by atoms with Crippen LogP contribution in [0.5, 0.6) is 5.75 Å². The van der Waals surface area contributed by atoms with Crippen LogP contribution in [0.4, 0.5) is 0 Å². The highest BCUT2D eigenvalue weighted by Crippen LogP contribution is 2.36. The van der Waals surface area contributed by atoms with Gasteiger partial charge in [-0.25, -0.2) is 0 Å². The van der Waals surface area contributed by atoms with Crippen LogP contribution in [-0.2, 0) is 18.6 Å². The maximum absolute atomic E-state index is 10.9. The lowest BCUT2D eigenvalue weighted by molar-refractivity contribution is 0.0384. The van der Waals surface area contributed by atoms with E-state index >= 15 is 0 Å². The minimum atomic E-state index is -0.745. The van der Waals surface area contributed by atoms with E-state index in [1.165, 1.54) is 11.1 Å². The third-order valence-electron chi connectivity index (χ3n) is 4.52. The van der Waals surface area contributed by atoms with Crippen molar-refractivity contribution < 1.29 is 9.84 Å². The van der Waals surface area contributed by atoms with Crippen LogP contribution in [0.15, 0.2) is 47.4 Å². The van der Waals surface area contributed by atoms with Gasteiger partial charge in [0.25, 0.3) is 0 Å². The van der Waals surface area contributed by atoms with E-state index in [2.05, 4.69) is 23.5 Å². The van der Waals surface area contributed by atoms with E-state index in [4.69, 9.17) is 4.74 Å². The Labute approximate surface area is 142 Å². The van der Waals surface area contributed by atoms with E-state index in [0.29, 0.717) is 6.54 Å². The van der Waals surface area contributed by atoms with Crippen molar-refractivity contribution in [1.29, 1.82) is 0 Å². The molecule has 0 saturated carbocycles. The normalized spacial score (nSPS) is 19.6. The maximum Gasteiger partial charge on any atom is 0.132 e. The standard InChI is InChI=1S/C19H23NO2S/c1-22-17-8-7-14(11-18(17)23-2)12-20-13-19(21)10-9-15-5-3-4-6-16(15)19/h3-8,11,20-21H,9-10,12-13H2,1-2H3. The van der Waals surface area contributed by atoms with Crippen molar-refractivity contribution in [2.24, 2.45) is 0 Å². The summed E-state index contributed by atoms with van der Waals surface area (Å²) in [5, 5.41) is 14.3. The minimum Gasteiger partial charge on any atom is -0.496 e. The van der Waals surface area contributed by atoms with Gasteiger partial charge in [-0.1, -0.05) is 30.3 Å². The first kappa shape index (κ1) is 16.4. The second kappa shape index (κ2) is 6.95. The fraction of sp³-hybridized carbons (Fsp3) is 0.368. The van der Waals surface area contributed by atoms with E-state index < -0.39 is 5.60 Å². The van der Waals surface area contributed by atoms with Gasteiger partial charge in [0.15, 0.2) is 0 Å². The Bertz CT molecular complexity index is 689. The molecule has 0 radical (unpaired) electrons. The van der Waals surface area contributed by atoms with Crippen molar-refractivity contribution in [3.05, 3.63) is 59.2 Å². The zero-order valence-electron chi connectivity index (χ0n) is 13.6. The Morgan fingerprint density at radius 2 is 2.09 bits per heavy atom. The predicted molar refractivity (Wildman–Crippen MR) is 95.1 cm³/mol. The monoisotopic (exact) mass is 329 g/mol. The SMILES string of the molecule is COc1ccc(CNCC2(O)CCc3ccccc32)cc1SC. The summed E-state index contributed by atoms with van der Waals surface area (Å²) in [6.07, 6.45) is 3.79. The Morgan fingerprint density at radius 3 is 2.87 bits per heavy atom. The second-order valence-electron chi connectivity index (χ2n) is 5.98. The molecule has 122 valence electrons. The number of aryl methyl sites for hydroxylation is 1. The van der Waals surface area contributed by atoms with Crippen molar-refractivity contribution >= 4 is 11.8 Å². The van der Waals surface area contributed by atoms with Gasteiger partial charge in [0.1, 0.15) is 11.4 Å². The molecule has 0 amide bonds. The molecule has 2 aromatic rings. The molecule has 1 aliphatic rings. The van der Waals surface area contributed by atoms with Gasteiger partial charge in [-0.2, -0.15) is 0 Å². The average molecular weight is 329 g/mol. The summed E-state index contributed by atoms with van der Waals surface area (Å²) >= 11 is 1.68. The first-order chi connectivity index (χ1) is 11.2. The topological polar surface area (TPSA) is 41.5 Å². The largest absolute Gasteiger partial charge is 0.496 e. The van der Waals surface area contributed by atoms with Gasteiger partial charge in [-0.3, -0.25) is 0 Å². The molecule has 0 aromatic heterocycles. The van der Waals surface area contributed by atoms with E-state index in [-0.39, 0.29) is 0 Å². The highest BCUT2D eigenvalue weighted by molar-refractivity contribution is 7.98. The lowest BCUT2D eigenvalue weighted by Crippen LogP contribution is -2.36. The molecule has 0 spiro atoms. The van der Waals surface area contributed by atoms with Crippen LogP contribution < -0.4 is 10.1 Å². The fourth-order valence-corrected chi connectivity index (χ4v) is 3.88. The molecule has 23 heavy (non-hydrogen) atoms. The highest BCUT2D eigenvalue weighted by atomic mass is 32.2. The van der Waals surface area contributed by atoms with Crippen LogP contribution in [-0.4, -0.2) is 25.0 Å². The number of benzene rings is 2. The maximum atomic E-state index is 10.9. The summed E-state index contributed by atoms with van der Waals surface area (Å²) in [4.78, 5) is 1.14. The molecule has 3 rings (SSSR count). The first-order valence-electron chi connectivity index (χ1n) is 7.89. The van der Waals surface area contributed by atoms with Crippen LogP contribution in [0.25, 0.3) is 0 Å². The lowest BCUT2D eigenvalue weighted by atomic mass is 9.96. The molecule has 1 atom stereocenters. The molecule has 4 heteroatoms. The Hall–Kier alpha value is -1.49. The van der Waals surface area contributed by atoms with E-state index in [9.17, 15) is 5.11 Å². The summed E-state index contributed by atoms with van der Waals surface area (Å²) < 4.78 is 5.35. The molecule has 0 heterocycles. The zero-order chi connectivity index (χ0) is 16.3. The van der Waals surface area contributed by atoms with Crippen molar-refractivity contribution in [2.45, 2.75) is 29.9 Å². The van der Waals surface area contributed by atoms with E-state index in [1.807, 2.05) is 30.5 Å². The molecule has 1 unspecified atom stereocenters. The summed E-state index contributed by atoms with van der Waals surface area (Å²) in [7, 11) is 1.69. The molecule has 3 nitrogen and oxygen atoms in total. The Kier molecular flexibility index (Phi) is 4.95. The van der Waals surface area contributed by atoms with Crippen molar-refractivity contribution in [3.63, 3.8) is 0 Å². The number of fused-ring (bicyclic) bond motifs is 1. The fourth-order valence-electron chi connectivity index (χ4n) is 3.26. The third-order valence-corrected chi connectivity index (χ3v) is 5.28. The molecule has 1 aliphatic carbocycles. The molecule has 0 saturated heterocycles. The average Bonchev–Trinajstić information content (AvgIpc) is 2.92. The number of rotatable bonds is 6. The zero-order valence-corrected chi connectivity index (χ0v) is 14.5. The molecule has 0 bridgehead atoms. The van der Waals surface area contributed by atoms with Crippen LogP contribution in [0.2, 0.25) is 0 Å². The van der Waals surface area contributed by atoms with Crippen molar-refractivity contribution in [1.82, 2.24) is 5.32 Å². The highest BCUT2D eigenvalue weighted by Gasteiger charge is 2.35. The van der Waals surface area contributed by atoms with Gasteiger partial charge in [0, 0.05) is 18.0 Å². The summed E-state index contributed by atoms with van der Waals surface area (Å²) in [6.45, 7) is 1.31. The summed E-state index contributed by atoms with van der Waals surface area (Å²) in [5.41, 5.74) is 2.80. The van der Waals surface area contributed by atoms with Gasteiger partial charge >= 0.3 is 0 Å². The smallest absolute Gasteiger partial charge is 0.132 e. The molecule has 2 N–H and O–H groups in total. The van der Waals surface area contributed by atoms with Crippen molar-refractivity contribution in [3.8, 4) is 5.75 Å². The molecular weight excluding hydrogens is 306 g/mol. The molecule has 0 fully saturated rings. The quantitative estimate of drug-likeness (QED) is 0.798. The number of hydrogen-bond donors (Lipinski definition) is 2. The van der Waals surface area contributed by atoms with Gasteiger partial charge < -0.3 is 15.2 Å². The van der Waals surface area contributed by atoms with Gasteiger partial charge in [0.05, 0.1) is 7.11 Å². The number of nitrogens with one attached hydrogen (secondary N) is 1. The second-order valence-corrected chi connectivity index (χ2v) is 6.83. The third kappa shape index (κ3) is 3.39. The van der Waals surface area contributed by atoms with Gasteiger partial charge in [0.2, 0.25) is 0 Å². The number of thioether (sulfide) groups is 1. The van der Waals surface area contributed by atoms with E-state index in [0.717, 1.165) is 35.6 Å². The van der Waals surface area contributed by atoms with Crippen LogP contribution >= 0.6 is 11.8 Å². The number of ether oxygens (including phenoxy) is 1. The Morgan fingerprint density at radius 1 is 1.26 bits per heavy atom. The lowest BCUT2D eigenvalue weighted by Gasteiger charge is -2.24. The van der Waals surface area contributed by atoms with Crippen LogP contribution in [0.3, 0.4) is 0 Å². The number of methoxy groups -OCH3 is 1. The molecular formula is C19H23NO2S. The predicted octanol–water partition coefficient (Wildman–Crippen LogP) is 3.34. The minimum absolute atomic E-state index is 0.574. The first-order valence-corrected chi connectivity index (χ1v) is 9.11. The van der Waals surface area contributed by atoms with Crippen LogP contribution in [0.1, 0.15) is 23.1 Å². The molecule has 2 aromatic carbocycles. The number of hydrogen-bond acceptors (Lipinski definition) is 4. The number of aliphatic hydroxyl groups is 1. The molecule has 0 aliphatic heterocycles. The summed E-state index contributed by atoms with van der Waals surface area (Å²) in [6, 6.07) is 14.4. The van der Waals surface area contributed by atoms with Crippen molar-refractivity contribution in [2.75, 3.05) is 19.9 Å². The van der Waals surface area contributed by atoms with Gasteiger partial charge in [-0.15, -0.1) is 11.8 Å².